The number of amides is 2. The van der Waals surface area contributed by atoms with E-state index in [1.165, 1.54) is 10.6 Å². The third kappa shape index (κ3) is 8.13. The molecule has 34 heavy (non-hydrogen) atoms. The molecule has 2 amide bonds. The molecule has 0 spiro atoms. The summed E-state index contributed by atoms with van der Waals surface area (Å²) >= 11 is 3.41. The van der Waals surface area contributed by atoms with Gasteiger partial charge in [-0.25, -0.2) is 8.42 Å². The topological polar surface area (TPSA) is 86.8 Å². The fourth-order valence-electron chi connectivity index (χ4n) is 3.59. The number of hydrogen-bond acceptors (Lipinski definition) is 4. The van der Waals surface area contributed by atoms with E-state index in [9.17, 15) is 18.0 Å². The zero-order valence-electron chi connectivity index (χ0n) is 20.3. The lowest BCUT2D eigenvalue weighted by atomic mass is 10.1. The van der Waals surface area contributed by atoms with E-state index in [4.69, 9.17) is 0 Å². The van der Waals surface area contributed by atoms with E-state index in [-0.39, 0.29) is 24.8 Å². The van der Waals surface area contributed by atoms with Crippen LogP contribution in [0.4, 0.5) is 5.69 Å². The van der Waals surface area contributed by atoms with Crippen LogP contribution in [0.5, 0.6) is 0 Å². The fraction of sp³-hybridized carbons (Fsp3) is 0.440. The van der Waals surface area contributed by atoms with Crippen molar-refractivity contribution in [3.05, 3.63) is 64.1 Å². The van der Waals surface area contributed by atoms with Crippen LogP contribution in [0.2, 0.25) is 0 Å². The maximum absolute atomic E-state index is 13.2. The quantitative estimate of drug-likeness (QED) is 0.430. The Morgan fingerprint density at radius 1 is 1.00 bits per heavy atom. The summed E-state index contributed by atoms with van der Waals surface area (Å²) in [6.07, 6.45) is 2.49. The van der Waals surface area contributed by atoms with Gasteiger partial charge in [0.2, 0.25) is 21.8 Å². The van der Waals surface area contributed by atoms with Crippen LogP contribution in [0.1, 0.15) is 44.7 Å². The molecule has 186 valence electrons. The fourth-order valence-corrected chi connectivity index (χ4v) is 4.82. The monoisotopic (exact) mass is 551 g/mol. The Morgan fingerprint density at radius 2 is 1.59 bits per heavy atom. The van der Waals surface area contributed by atoms with Gasteiger partial charge in [0.15, 0.2) is 0 Å². The SMILES string of the molecule is CCNC(=O)[C@H](C)N(Cc1ccc(Br)cc1)C(=O)CCCN(c1ccc(CC)cc1)S(C)(=O)=O. The van der Waals surface area contributed by atoms with Gasteiger partial charge in [-0.05, 0) is 62.1 Å². The first-order valence-corrected chi connectivity index (χ1v) is 14.1. The first-order valence-electron chi connectivity index (χ1n) is 11.4. The number of carbonyl (C=O) groups excluding carboxylic acids is 2. The van der Waals surface area contributed by atoms with E-state index in [0.717, 1.165) is 22.0 Å². The molecular weight excluding hydrogens is 518 g/mol. The molecule has 0 radical (unpaired) electrons. The summed E-state index contributed by atoms with van der Waals surface area (Å²) < 4.78 is 27.1. The summed E-state index contributed by atoms with van der Waals surface area (Å²) in [5, 5.41) is 2.77. The zero-order valence-corrected chi connectivity index (χ0v) is 22.7. The molecule has 0 bridgehead atoms. The maximum Gasteiger partial charge on any atom is 0.242 e. The van der Waals surface area contributed by atoms with Crippen molar-refractivity contribution >= 4 is 43.5 Å². The highest BCUT2D eigenvalue weighted by atomic mass is 79.9. The number of nitrogens with zero attached hydrogens (tertiary/aromatic N) is 2. The van der Waals surface area contributed by atoms with Crippen molar-refractivity contribution in [2.24, 2.45) is 0 Å². The molecule has 0 aliphatic rings. The number of anilines is 1. The van der Waals surface area contributed by atoms with Crippen LogP contribution in [0.3, 0.4) is 0 Å². The first kappa shape index (κ1) is 27.9. The number of aryl methyl sites for hydroxylation is 1. The normalized spacial score (nSPS) is 12.1. The highest BCUT2D eigenvalue weighted by molar-refractivity contribution is 9.10. The van der Waals surface area contributed by atoms with Crippen LogP contribution >= 0.6 is 15.9 Å². The molecule has 1 N–H and O–H groups in total. The standard InChI is InChI=1S/C25H34BrN3O4S/c1-5-20-11-15-23(16-12-20)29(34(4,32)33)17-7-8-24(30)28(19(3)25(31)27-6-2)18-21-9-13-22(26)14-10-21/h9-16,19H,5-8,17-18H2,1-4H3,(H,27,31)/t19-/m0/s1. The molecule has 0 aliphatic carbocycles. The van der Waals surface area contributed by atoms with Crippen LogP contribution in [0.15, 0.2) is 53.0 Å². The Balaban J connectivity index is 2.13. The zero-order chi connectivity index (χ0) is 25.3. The van der Waals surface area contributed by atoms with Gasteiger partial charge >= 0.3 is 0 Å². The highest BCUT2D eigenvalue weighted by Crippen LogP contribution is 2.20. The predicted octanol–water partition coefficient (Wildman–Crippen LogP) is 4.11. The molecule has 0 unspecified atom stereocenters. The molecule has 2 rings (SSSR count). The van der Waals surface area contributed by atoms with Crippen LogP contribution in [-0.2, 0) is 32.6 Å². The Bertz CT molecular complexity index is 1060. The highest BCUT2D eigenvalue weighted by Gasteiger charge is 2.26. The number of benzene rings is 2. The third-order valence-electron chi connectivity index (χ3n) is 5.57. The molecule has 0 fully saturated rings. The van der Waals surface area contributed by atoms with Crippen molar-refractivity contribution in [1.29, 1.82) is 0 Å². The Kier molecular flexibility index (Phi) is 10.6. The van der Waals surface area contributed by atoms with Gasteiger partial charge in [0.1, 0.15) is 6.04 Å². The average Bonchev–Trinajstić information content (AvgIpc) is 2.80. The van der Waals surface area contributed by atoms with Crippen LogP contribution in [-0.4, -0.2) is 50.5 Å². The Morgan fingerprint density at radius 3 is 2.12 bits per heavy atom. The number of nitrogens with one attached hydrogen (secondary N) is 1. The lowest BCUT2D eigenvalue weighted by Gasteiger charge is -2.29. The van der Waals surface area contributed by atoms with Crippen molar-refractivity contribution in [2.75, 3.05) is 23.7 Å². The van der Waals surface area contributed by atoms with Crippen molar-refractivity contribution in [1.82, 2.24) is 10.2 Å². The summed E-state index contributed by atoms with van der Waals surface area (Å²) in [4.78, 5) is 27.2. The van der Waals surface area contributed by atoms with Crippen LogP contribution in [0.25, 0.3) is 0 Å². The van der Waals surface area contributed by atoms with Gasteiger partial charge in [-0.15, -0.1) is 0 Å². The predicted molar refractivity (Wildman–Crippen MR) is 140 cm³/mol. The number of hydrogen-bond donors (Lipinski definition) is 1. The molecule has 7 nitrogen and oxygen atoms in total. The van der Waals surface area contributed by atoms with Crippen molar-refractivity contribution in [3.63, 3.8) is 0 Å². The lowest BCUT2D eigenvalue weighted by Crippen LogP contribution is -2.47. The van der Waals surface area contributed by atoms with Crippen LogP contribution in [0, 0.1) is 0 Å². The first-order chi connectivity index (χ1) is 16.1. The summed E-state index contributed by atoms with van der Waals surface area (Å²) in [5.41, 5.74) is 2.60. The number of halogens is 1. The molecular formula is C25H34BrN3O4S. The lowest BCUT2D eigenvalue weighted by molar-refractivity contribution is -0.140. The van der Waals surface area contributed by atoms with Gasteiger partial charge < -0.3 is 10.2 Å². The summed E-state index contributed by atoms with van der Waals surface area (Å²) in [6, 6.07) is 14.3. The molecule has 0 saturated heterocycles. The molecule has 2 aromatic carbocycles. The number of likely N-dealkylation sites (N-methyl/N-ethyl adjacent to an activating group) is 1. The van der Waals surface area contributed by atoms with Gasteiger partial charge in [0, 0.05) is 30.5 Å². The number of rotatable bonds is 12. The number of sulfonamides is 1. The van der Waals surface area contributed by atoms with Gasteiger partial charge in [-0.1, -0.05) is 47.1 Å². The van der Waals surface area contributed by atoms with E-state index in [2.05, 4.69) is 21.2 Å². The van der Waals surface area contributed by atoms with Gasteiger partial charge in [0.25, 0.3) is 0 Å². The van der Waals surface area contributed by atoms with E-state index in [0.29, 0.717) is 25.2 Å². The molecule has 0 heterocycles. The summed E-state index contributed by atoms with van der Waals surface area (Å²) in [5.74, 6) is -0.418. The minimum atomic E-state index is -3.51. The van der Waals surface area contributed by atoms with Crippen molar-refractivity contribution < 1.29 is 18.0 Å². The smallest absolute Gasteiger partial charge is 0.242 e. The Hall–Kier alpha value is -2.39. The molecule has 1 atom stereocenters. The second-order valence-electron chi connectivity index (χ2n) is 8.18. The second kappa shape index (κ2) is 12.9. The average molecular weight is 553 g/mol. The third-order valence-corrected chi connectivity index (χ3v) is 7.29. The van der Waals surface area contributed by atoms with Gasteiger partial charge in [-0.3, -0.25) is 13.9 Å². The summed E-state index contributed by atoms with van der Waals surface area (Å²) in [6.45, 7) is 6.52. The van der Waals surface area contributed by atoms with E-state index in [1.54, 1.807) is 24.0 Å². The molecule has 9 heteroatoms. The number of carbonyl (C=O) groups is 2. The molecule has 0 saturated carbocycles. The summed E-state index contributed by atoms with van der Waals surface area (Å²) in [7, 11) is -3.51. The molecule has 0 aromatic heterocycles. The van der Waals surface area contributed by atoms with Crippen LogP contribution < -0.4 is 9.62 Å². The molecule has 2 aromatic rings. The van der Waals surface area contributed by atoms with Gasteiger partial charge in [-0.2, -0.15) is 0 Å². The largest absolute Gasteiger partial charge is 0.355 e. The van der Waals surface area contributed by atoms with Gasteiger partial charge in [0.05, 0.1) is 11.9 Å². The molecule has 0 aliphatic heterocycles. The van der Waals surface area contributed by atoms with E-state index >= 15 is 0 Å². The van der Waals surface area contributed by atoms with E-state index in [1.807, 2.05) is 50.2 Å². The minimum Gasteiger partial charge on any atom is -0.355 e. The van der Waals surface area contributed by atoms with Crippen molar-refractivity contribution in [2.45, 2.75) is 52.6 Å². The minimum absolute atomic E-state index is 0.124. The maximum atomic E-state index is 13.2. The second-order valence-corrected chi connectivity index (χ2v) is 11.0. The Labute approximate surface area is 211 Å². The van der Waals surface area contributed by atoms with Crippen molar-refractivity contribution in [3.8, 4) is 0 Å². The van der Waals surface area contributed by atoms with E-state index < -0.39 is 16.1 Å².